The maximum Gasteiger partial charge on any atom is 0.420 e. The number of carbonyl (C=O) groups is 1. The van der Waals surface area contributed by atoms with Crippen LogP contribution in [0.1, 0.15) is 27.2 Å². The molecule has 0 atom stereocenters. The lowest BCUT2D eigenvalue weighted by atomic mass is 10.2. The monoisotopic (exact) mass is 561 g/mol. The molecule has 1 amide bonds. The fourth-order valence-electron chi connectivity index (χ4n) is 3.75. The van der Waals surface area contributed by atoms with Gasteiger partial charge in [0.05, 0.1) is 17.4 Å². The molecule has 0 spiro atoms. The maximum atomic E-state index is 13.7. The molecule has 4 rings (SSSR count). The van der Waals surface area contributed by atoms with Crippen LogP contribution >= 0.6 is 12.4 Å². The van der Waals surface area contributed by atoms with E-state index in [1.54, 1.807) is 6.07 Å². The van der Waals surface area contributed by atoms with Gasteiger partial charge >= 0.3 is 12.4 Å². The summed E-state index contributed by atoms with van der Waals surface area (Å²) in [7, 11) is 2.76. The first-order valence-electron chi connectivity index (χ1n) is 10.6. The summed E-state index contributed by atoms with van der Waals surface area (Å²) in [6.07, 6.45) is -7.83. The van der Waals surface area contributed by atoms with Crippen LogP contribution in [0.4, 0.5) is 42.2 Å². The lowest BCUT2D eigenvalue weighted by molar-refractivity contribution is -0.138. The Morgan fingerprint density at radius 2 is 1.68 bits per heavy atom. The second kappa shape index (κ2) is 10.5. The van der Waals surface area contributed by atoms with Gasteiger partial charge in [0.25, 0.3) is 5.91 Å². The summed E-state index contributed by atoms with van der Waals surface area (Å²) in [5.41, 5.74) is -2.24. The van der Waals surface area contributed by atoms with Gasteiger partial charge in [-0.15, -0.1) is 12.4 Å². The van der Waals surface area contributed by atoms with E-state index in [-0.39, 0.29) is 47.2 Å². The van der Waals surface area contributed by atoms with Crippen molar-refractivity contribution in [3.05, 3.63) is 83.1 Å². The van der Waals surface area contributed by atoms with Gasteiger partial charge in [-0.3, -0.25) is 4.79 Å². The van der Waals surface area contributed by atoms with E-state index in [0.717, 1.165) is 23.2 Å². The Hall–Kier alpha value is -3.87. The zero-order chi connectivity index (χ0) is 27.1. The summed E-state index contributed by atoms with van der Waals surface area (Å²) in [6.45, 7) is -0.145. The number of amides is 1. The van der Waals surface area contributed by atoms with E-state index < -0.39 is 35.2 Å². The van der Waals surface area contributed by atoms with Crippen molar-refractivity contribution in [1.29, 1.82) is 0 Å². The van der Waals surface area contributed by atoms with E-state index in [1.165, 1.54) is 36.9 Å². The molecule has 202 valence electrons. The highest BCUT2D eigenvalue weighted by Gasteiger charge is 2.36. The van der Waals surface area contributed by atoms with Crippen LogP contribution in [0.15, 0.2) is 54.9 Å². The van der Waals surface area contributed by atoms with Gasteiger partial charge in [-0.2, -0.15) is 26.3 Å². The van der Waals surface area contributed by atoms with Crippen LogP contribution in [0.5, 0.6) is 0 Å². The number of hydrogen-bond acceptors (Lipinski definition) is 4. The number of aromatic nitrogens is 3. The van der Waals surface area contributed by atoms with Crippen LogP contribution in [-0.2, 0) is 18.9 Å². The Balaban J connectivity index is 0.00000400. The van der Waals surface area contributed by atoms with Crippen molar-refractivity contribution in [2.24, 2.45) is 0 Å². The minimum absolute atomic E-state index is 0. The second-order valence-electron chi connectivity index (χ2n) is 8.32. The highest BCUT2D eigenvalue weighted by molar-refractivity contribution is 6.06. The molecule has 0 aliphatic rings. The molecule has 1 aromatic carbocycles. The zero-order valence-corrected chi connectivity index (χ0v) is 20.5. The van der Waals surface area contributed by atoms with Crippen LogP contribution in [-0.4, -0.2) is 34.5 Å². The summed E-state index contributed by atoms with van der Waals surface area (Å²) >= 11 is 0. The minimum Gasteiger partial charge on any atom is -0.362 e. The Bertz CT molecular complexity index is 1480. The second-order valence-corrected chi connectivity index (χ2v) is 8.32. The van der Waals surface area contributed by atoms with E-state index in [1.807, 2.05) is 0 Å². The lowest BCUT2D eigenvalue weighted by Gasteiger charge is -2.19. The zero-order valence-electron chi connectivity index (χ0n) is 19.7. The molecule has 38 heavy (non-hydrogen) atoms. The van der Waals surface area contributed by atoms with Crippen molar-refractivity contribution < 1.29 is 35.5 Å². The van der Waals surface area contributed by atoms with Gasteiger partial charge in [-0.1, -0.05) is 12.1 Å². The molecule has 0 saturated carbocycles. The van der Waals surface area contributed by atoms with E-state index >= 15 is 0 Å². The van der Waals surface area contributed by atoms with Crippen LogP contribution < -0.4 is 10.2 Å². The number of halogens is 8. The maximum absolute atomic E-state index is 13.7. The number of pyridine rings is 2. The normalized spacial score (nSPS) is 11.8. The number of anilines is 2. The molecule has 14 heteroatoms. The molecule has 0 saturated heterocycles. The molecular weight excluding hydrogens is 543 g/mol. The molecule has 0 fully saturated rings. The molecule has 3 aromatic heterocycles. The van der Waals surface area contributed by atoms with Crippen molar-refractivity contribution in [2.45, 2.75) is 18.9 Å². The Labute approximate surface area is 217 Å². The van der Waals surface area contributed by atoms with Crippen LogP contribution in [0, 0.1) is 5.82 Å². The van der Waals surface area contributed by atoms with E-state index in [9.17, 15) is 35.5 Å². The van der Waals surface area contributed by atoms with E-state index in [4.69, 9.17) is 0 Å². The van der Waals surface area contributed by atoms with E-state index in [0.29, 0.717) is 17.8 Å². The third kappa shape index (κ3) is 5.98. The van der Waals surface area contributed by atoms with Gasteiger partial charge in [0.1, 0.15) is 28.5 Å². The van der Waals surface area contributed by atoms with Crippen molar-refractivity contribution in [3.63, 3.8) is 0 Å². The number of nitrogens with zero attached hydrogens (tertiary/aromatic N) is 4. The van der Waals surface area contributed by atoms with Crippen LogP contribution in [0.2, 0.25) is 0 Å². The summed E-state index contributed by atoms with van der Waals surface area (Å²) in [6, 6.07) is 7.98. The number of alkyl halides is 6. The SMILES string of the molecule is CN(C)c1ncc(NC(=O)c2cc3cc(C(F)(F)F)cnc3n2Cc2cccc(F)c2)cc1C(F)(F)F.Cl. The number of benzene rings is 1. The van der Waals surface area contributed by atoms with Gasteiger partial charge in [-0.25, -0.2) is 14.4 Å². The summed E-state index contributed by atoms with van der Waals surface area (Å²) in [5.74, 6) is -1.86. The average Bonchev–Trinajstić information content (AvgIpc) is 3.15. The first-order chi connectivity index (χ1) is 17.2. The molecular formula is C24H19ClF7N5O. The van der Waals surface area contributed by atoms with Crippen LogP contribution in [0.3, 0.4) is 0 Å². The molecule has 4 aromatic rings. The van der Waals surface area contributed by atoms with Gasteiger partial charge in [0, 0.05) is 32.2 Å². The molecule has 0 radical (unpaired) electrons. The highest BCUT2D eigenvalue weighted by Crippen LogP contribution is 2.36. The molecule has 0 unspecified atom stereocenters. The van der Waals surface area contributed by atoms with Crippen molar-refractivity contribution in [2.75, 3.05) is 24.3 Å². The number of carbonyl (C=O) groups excluding carboxylic acids is 1. The van der Waals surface area contributed by atoms with E-state index in [2.05, 4.69) is 15.3 Å². The smallest absolute Gasteiger partial charge is 0.362 e. The first-order valence-corrected chi connectivity index (χ1v) is 10.6. The fourth-order valence-corrected chi connectivity index (χ4v) is 3.75. The molecule has 0 aliphatic heterocycles. The fraction of sp³-hybridized carbons (Fsp3) is 0.208. The largest absolute Gasteiger partial charge is 0.420 e. The summed E-state index contributed by atoms with van der Waals surface area (Å²) in [4.78, 5) is 21.9. The Morgan fingerprint density at radius 3 is 2.29 bits per heavy atom. The molecule has 0 bridgehead atoms. The number of rotatable bonds is 5. The lowest BCUT2D eigenvalue weighted by Crippen LogP contribution is -2.21. The van der Waals surface area contributed by atoms with Gasteiger partial charge in [0.2, 0.25) is 0 Å². The standard InChI is InChI=1S/C24H18F7N5O.ClH/c1-35(2)21-18(24(29,30)31)9-17(11-33-21)34-22(37)19-8-14-7-15(23(26,27)28)10-32-20(14)36(19)12-13-4-3-5-16(25)6-13;/h3-11H,12H2,1-2H3,(H,34,37);1H. The van der Waals surface area contributed by atoms with Gasteiger partial charge < -0.3 is 14.8 Å². The van der Waals surface area contributed by atoms with Crippen LogP contribution in [0.25, 0.3) is 11.0 Å². The Kier molecular flexibility index (Phi) is 7.91. The summed E-state index contributed by atoms with van der Waals surface area (Å²) < 4.78 is 95.3. The van der Waals surface area contributed by atoms with Crippen molar-refractivity contribution in [3.8, 4) is 0 Å². The predicted molar refractivity (Wildman–Crippen MR) is 129 cm³/mol. The predicted octanol–water partition coefficient (Wildman–Crippen LogP) is 6.40. The van der Waals surface area contributed by atoms with Gasteiger partial charge in [0.15, 0.2) is 0 Å². The first kappa shape index (κ1) is 28.7. The topological polar surface area (TPSA) is 63.1 Å². The third-order valence-electron chi connectivity index (χ3n) is 5.38. The average molecular weight is 562 g/mol. The third-order valence-corrected chi connectivity index (χ3v) is 5.38. The van der Waals surface area contributed by atoms with Gasteiger partial charge in [-0.05, 0) is 35.9 Å². The Morgan fingerprint density at radius 1 is 0.974 bits per heavy atom. The summed E-state index contributed by atoms with van der Waals surface area (Å²) in [5, 5.41) is 2.28. The van der Waals surface area contributed by atoms with Crippen molar-refractivity contribution in [1.82, 2.24) is 14.5 Å². The number of hydrogen-bond donors (Lipinski definition) is 1. The molecule has 6 nitrogen and oxygen atoms in total. The molecule has 0 aliphatic carbocycles. The molecule has 1 N–H and O–H groups in total. The van der Waals surface area contributed by atoms with Crippen molar-refractivity contribution >= 4 is 40.9 Å². The highest BCUT2D eigenvalue weighted by atomic mass is 35.5. The quantitative estimate of drug-likeness (QED) is 0.287. The molecule has 3 heterocycles. The minimum atomic E-state index is -4.77. The number of fused-ring (bicyclic) bond motifs is 1. The number of nitrogens with one attached hydrogen (secondary N) is 1.